The smallest absolute Gasteiger partial charge is 0.308 e. The van der Waals surface area contributed by atoms with Gasteiger partial charge in [-0.25, -0.2) is 0 Å². The standard InChI is InChI=1S/C7H14O4/c1-7(2,10)5(8)4-6(9)11-3/h5,8,10H,4H2,1-3H3. The van der Waals surface area contributed by atoms with E-state index in [1.165, 1.54) is 21.0 Å². The molecule has 0 aromatic carbocycles. The molecule has 0 aromatic rings. The van der Waals surface area contributed by atoms with Gasteiger partial charge in [-0.15, -0.1) is 0 Å². The molecular formula is C7H14O4. The van der Waals surface area contributed by atoms with Gasteiger partial charge in [-0.2, -0.15) is 0 Å². The third-order valence-electron chi connectivity index (χ3n) is 1.40. The van der Waals surface area contributed by atoms with Gasteiger partial charge in [-0.3, -0.25) is 4.79 Å². The molecule has 0 aliphatic heterocycles. The van der Waals surface area contributed by atoms with Gasteiger partial charge in [0.1, 0.15) is 0 Å². The van der Waals surface area contributed by atoms with Crippen LogP contribution in [0.1, 0.15) is 20.3 Å². The molecule has 0 aromatic heterocycles. The monoisotopic (exact) mass is 162 g/mol. The zero-order chi connectivity index (χ0) is 9.07. The Morgan fingerprint density at radius 1 is 1.64 bits per heavy atom. The van der Waals surface area contributed by atoms with Crippen molar-refractivity contribution in [2.24, 2.45) is 0 Å². The Bertz CT molecular complexity index is 136. The number of aliphatic hydroxyl groups excluding tert-OH is 1. The number of ether oxygens (including phenoxy) is 1. The zero-order valence-corrected chi connectivity index (χ0v) is 7.00. The fourth-order valence-electron chi connectivity index (χ4n) is 0.491. The van der Waals surface area contributed by atoms with Gasteiger partial charge in [-0.1, -0.05) is 0 Å². The first-order valence-corrected chi connectivity index (χ1v) is 3.35. The SMILES string of the molecule is COC(=O)CC(O)C(C)(C)O. The van der Waals surface area contributed by atoms with Crippen LogP contribution in [0.2, 0.25) is 0 Å². The minimum absolute atomic E-state index is 0.181. The van der Waals surface area contributed by atoms with Crippen LogP contribution in [0.25, 0.3) is 0 Å². The second-order valence-electron chi connectivity index (χ2n) is 2.95. The molecular weight excluding hydrogens is 148 g/mol. The Balaban J connectivity index is 3.87. The molecule has 0 bridgehead atoms. The second kappa shape index (κ2) is 3.69. The Hall–Kier alpha value is -0.610. The van der Waals surface area contributed by atoms with Gasteiger partial charge in [0, 0.05) is 0 Å². The van der Waals surface area contributed by atoms with Crippen LogP contribution in [0.5, 0.6) is 0 Å². The molecule has 1 atom stereocenters. The van der Waals surface area contributed by atoms with E-state index in [0.29, 0.717) is 0 Å². The summed E-state index contributed by atoms with van der Waals surface area (Å²) in [5.74, 6) is -0.528. The molecule has 0 saturated heterocycles. The lowest BCUT2D eigenvalue weighted by Gasteiger charge is -2.23. The first-order valence-electron chi connectivity index (χ1n) is 3.35. The van der Waals surface area contributed by atoms with Crippen molar-refractivity contribution in [3.05, 3.63) is 0 Å². The molecule has 0 radical (unpaired) electrons. The van der Waals surface area contributed by atoms with E-state index < -0.39 is 17.7 Å². The maximum atomic E-state index is 10.6. The van der Waals surface area contributed by atoms with Crippen LogP contribution in [-0.4, -0.2) is 35.0 Å². The van der Waals surface area contributed by atoms with Gasteiger partial charge in [-0.05, 0) is 13.8 Å². The van der Waals surface area contributed by atoms with E-state index in [9.17, 15) is 9.90 Å². The summed E-state index contributed by atoms with van der Waals surface area (Å²) in [5, 5.41) is 18.3. The average molecular weight is 162 g/mol. The quantitative estimate of drug-likeness (QED) is 0.558. The fourth-order valence-corrected chi connectivity index (χ4v) is 0.491. The molecule has 0 saturated carbocycles. The van der Waals surface area contributed by atoms with E-state index >= 15 is 0 Å². The highest BCUT2D eigenvalue weighted by atomic mass is 16.5. The summed E-state index contributed by atoms with van der Waals surface area (Å²) in [5.41, 5.74) is -1.26. The van der Waals surface area contributed by atoms with E-state index in [4.69, 9.17) is 5.11 Å². The van der Waals surface area contributed by atoms with Crippen LogP contribution in [0.3, 0.4) is 0 Å². The molecule has 0 fully saturated rings. The predicted octanol–water partition coefficient (Wildman–Crippen LogP) is -0.319. The van der Waals surface area contributed by atoms with Crippen LogP contribution in [0.15, 0.2) is 0 Å². The van der Waals surface area contributed by atoms with Crippen molar-refractivity contribution in [3.63, 3.8) is 0 Å². The van der Waals surface area contributed by atoms with Gasteiger partial charge in [0.15, 0.2) is 0 Å². The molecule has 0 aliphatic carbocycles. The molecule has 0 spiro atoms. The van der Waals surface area contributed by atoms with Gasteiger partial charge in [0.25, 0.3) is 0 Å². The van der Waals surface area contributed by atoms with Crippen LogP contribution in [-0.2, 0) is 9.53 Å². The van der Waals surface area contributed by atoms with Gasteiger partial charge < -0.3 is 14.9 Å². The molecule has 0 heterocycles. The third kappa shape index (κ3) is 3.95. The highest BCUT2D eigenvalue weighted by Gasteiger charge is 2.26. The molecule has 0 rings (SSSR count). The van der Waals surface area contributed by atoms with Crippen molar-refractivity contribution in [2.75, 3.05) is 7.11 Å². The predicted molar refractivity (Wildman–Crippen MR) is 38.9 cm³/mol. The molecule has 4 nitrogen and oxygen atoms in total. The van der Waals surface area contributed by atoms with E-state index in [0.717, 1.165) is 0 Å². The van der Waals surface area contributed by atoms with Crippen molar-refractivity contribution in [2.45, 2.75) is 32.0 Å². The number of hydrogen-bond donors (Lipinski definition) is 2. The van der Waals surface area contributed by atoms with E-state index in [-0.39, 0.29) is 6.42 Å². The Labute approximate surface area is 65.8 Å². The van der Waals surface area contributed by atoms with Crippen molar-refractivity contribution in [1.29, 1.82) is 0 Å². The van der Waals surface area contributed by atoms with Gasteiger partial charge in [0.2, 0.25) is 0 Å². The maximum absolute atomic E-state index is 10.6. The average Bonchev–Trinajstić information content (AvgIpc) is 1.85. The van der Waals surface area contributed by atoms with E-state index in [1.807, 2.05) is 0 Å². The molecule has 66 valence electrons. The van der Waals surface area contributed by atoms with Gasteiger partial charge in [0.05, 0.1) is 25.2 Å². The van der Waals surface area contributed by atoms with Crippen LogP contribution >= 0.6 is 0 Å². The molecule has 1 unspecified atom stereocenters. The van der Waals surface area contributed by atoms with Crippen molar-refractivity contribution in [3.8, 4) is 0 Å². The lowest BCUT2D eigenvalue weighted by atomic mass is 9.99. The topological polar surface area (TPSA) is 66.8 Å². The van der Waals surface area contributed by atoms with E-state index in [1.54, 1.807) is 0 Å². The fraction of sp³-hybridized carbons (Fsp3) is 0.857. The molecule has 0 aliphatic rings. The molecule has 2 N–H and O–H groups in total. The lowest BCUT2D eigenvalue weighted by molar-refractivity contribution is -0.147. The number of aliphatic hydroxyl groups is 2. The number of hydrogen-bond acceptors (Lipinski definition) is 4. The Morgan fingerprint density at radius 2 is 2.09 bits per heavy atom. The Morgan fingerprint density at radius 3 is 2.36 bits per heavy atom. The first kappa shape index (κ1) is 10.4. The maximum Gasteiger partial charge on any atom is 0.308 e. The van der Waals surface area contributed by atoms with Crippen LogP contribution in [0, 0.1) is 0 Å². The number of methoxy groups -OCH3 is 1. The van der Waals surface area contributed by atoms with Crippen LogP contribution in [0.4, 0.5) is 0 Å². The highest BCUT2D eigenvalue weighted by Crippen LogP contribution is 2.11. The number of carbonyl (C=O) groups excluding carboxylic acids is 1. The summed E-state index contributed by atoms with van der Waals surface area (Å²) in [6, 6.07) is 0. The minimum Gasteiger partial charge on any atom is -0.469 e. The number of esters is 1. The molecule has 11 heavy (non-hydrogen) atoms. The minimum atomic E-state index is -1.26. The number of rotatable bonds is 3. The summed E-state index contributed by atoms with van der Waals surface area (Å²) >= 11 is 0. The van der Waals surface area contributed by atoms with Crippen molar-refractivity contribution in [1.82, 2.24) is 0 Å². The van der Waals surface area contributed by atoms with Crippen LogP contribution < -0.4 is 0 Å². The second-order valence-corrected chi connectivity index (χ2v) is 2.95. The summed E-state index contributed by atoms with van der Waals surface area (Å²) in [6.45, 7) is 2.86. The number of carbonyl (C=O) groups is 1. The zero-order valence-electron chi connectivity index (χ0n) is 7.00. The highest BCUT2D eigenvalue weighted by molar-refractivity contribution is 5.69. The van der Waals surface area contributed by atoms with E-state index in [2.05, 4.69) is 4.74 Å². The summed E-state index contributed by atoms with van der Waals surface area (Å²) in [7, 11) is 1.24. The largest absolute Gasteiger partial charge is 0.469 e. The summed E-state index contributed by atoms with van der Waals surface area (Å²) in [4.78, 5) is 10.6. The Kier molecular flexibility index (Phi) is 3.48. The normalized spacial score (nSPS) is 14.3. The third-order valence-corrected chi connectivity index (χ3v) is 1.40. The van der Waals surface area contributed by atoms with Gasteiger partial charge >= 0.3 is 5.97 Å². The summed E-state index contributed by atoms with van der Waals surface area (Å²) in [6.07, 6.45) is -1.25. The molecule has 4 heteroatoms. The first-order chi connectivity index (χ1) is 4.88. The molecule has 0 amide bonds. The van der Waals surface area contributed by atoms with Crippen molar-refractivity contribution < 1.29 is 19.7 Å². The lowest BCUT2D eigenvalue weighted by Crippen LogP contribution is -2.37. The van der Waals surface area contributed by atoms with Crippen molar-refractivity contribution >= 4 is 5.97 Å². The summed E-state index contributed by atoms with van der Waals surface area (Å²) < 4.78 is 4.31.